The normalized spacial score (nSPS) is 17.5. The fourth-order valence-electron chi connectivity index (χ4n) is 2.10. The summed E-state index contributed by atoms with van der Waals surface area (Å²) in [6, 6.07) is 0. The average molecular weight is 229 g/mol. The Labute approximate surface area is 98.6 Å². The van der Waals surface area contributed by atoms with Crippen molar-refractivity contribution in [2.75, 3.05) is 39.3 Å². The van der Waals surface area contributed by atoms with Crippen molar-refractivity contribution >= 4 is 17.2 Å². The van der Waals surface area contributed by atoms with Gasteiger partial charge < -0.3 is 10.6 Å². The Kier molecular flexibility index (Phi) is 6.13. The molecular formula is C11H23N3S. The van der Waals surface area contributed by atoms with Crippen molar-refractivity contribution in [1.82, 2.24) is 9.80 Å². The van der Waals surface area contributed by atoms with E-state index >= 15 is 0 Å². The van der Waals surface area contributed by atoms with Crippen LogP contribution in [0.3, 0.4) is 0 Å². The summed E-state index contributed by atoms with van der Waals surface area (Å²) >= 11 is 4.96. The smallest absolute Gasteiger partial charge is 0.0870 e. The molecule has 88 valence electrons. The van der Waals surface area contributed by atoms with Crippen LogP contribution in [0.4, 0.5) is 0 Å². The minimum atomic E-state index is 0.616. The van der Waals surface area contributed by atoms with Crippen LogP contribution in [-0.4, -0.2) is 54.1 Å². The van der Waals surface area contributed by atoms with Crippen LogP contribution in [0.1, 0.15) is 26.2 Å². The summed E-state index contributed by atoms with van der Waals surface area (Å²) < 4.78 is 0. The molecule has 1 heterocycles. The van der Waals surface area contributed by atoms with Gasteiger partial charge in [-0.1, -0.05) is 19.1 Å². The number of hydrogen-bond acceptors (Lipinski definition) is 3. The Bertz CT molecular complexity index is 190. The highest BCUT2D eigenvalue weighted by atomic mass is 32.1. The molecule has 1 aliphatic heterocycles. The van der Waals surface area contributed by atoms with E-state index < -0.39 is 0 Å². The molecule has 0 amide bonds. The van der Waals surface area contributed by atoms with E-state index in [4.69, 9.17) is 18.0 Å². The maximum absolute atomic E-state index is 5.58. The van der Waals surface area contributed by atoms with Crippen molar-refractivity contribution in [2.24, 2.45) is 5.73 Å². The molecule has 1 aliphatic rings. The zero-order valence-corrected chi connectivity index (χ0v) is 10.6. The predicted octanol–water partition coefficient (Wildman–Crippen LogP) is 1.08. The van der Waals surface area contributed by atoms with E-state index in [1.807, 2.05) is 0 Å². The first kappa shape index (κ1) is 12.9. The molecule has 0 spiro atoms. The first-order chi connectivity index (χ1) is 7.22. The van der Waals surface area contributed by atoms with Gasteiger partial charge in [0.15, 0.2) is 0 Å². The van der Waals surface area contributed by atoms with Crippen LogP contribution in [0.2, 0.25) is 0 Å². The number of likely N-dealkylation sites (tertiary alicyclic amines) is 1. The number of thiocarbonyl (C=S) groups is 1. The SMILES string of the molecule is CCCN(CCN1CCCC1)CC(N)=S. The Hall–Kier alpha value is -0.190. The zero-order valence-electron chi connectivity index (χ0n) is 9.74. The zero-order chi connectivity index (χ0) is 11.1. The summed E-state index contributed by atoms with van der Waals surface area (Å²) in [4.78, 5) is 5.51. The lowest BCUT2D eigenvalue weighted by molar-refractivity contribution is 0.246. The van der Waals surface area contributed by atoms with Crippen molar-refractivity contribution in [3.63, 3.8) is 0 Å². The maximum Gasteiger partial charge on any atom is 0.0870 e. The van der Waals surface area contributed by atoms with Crippen LogP contribution >= 0.6 is 12.2 Å². The van der Waals surface area contributed by atoms with Gasteiger partial charge in [-0.2, -0.15) is 0 Å². The molecule has 0 aromatic rings. The van der Waals surface area contributed by atoms with E-state index in [0.29, 0.717) is 4.99 Å². The minimum Gasteiger partial charge on any atom is -0.392 e. The first-order valence-corrected chi connectivity index (χ1v) is 6.36. The lowest BCUT2D eigenvalue weighted by Crippen LogP contribution is -2.38. The molecular weight excluding hydrogens is 206 g/mol. The van der Waals surface area contributed by atoms with Crippen LogP contribution in [0.25, 0.3) is 0 Å². The van der Waals surface area contributed by atoms with Crippen molar-refractivity contribution in [3.05, 3.63) is 0 Å². The van der Waals surface area contributed by atoms with E-state index in [1.54, 1.807) is 0 Å². The summed E-state index contributed by atoms with van der Waals surface area (Å²) in [6.07, 6.45) is 3.90. The average Bonchev–Trinajstić information content (AvgIpc) is 2.66. The van der Waals surface area contributed by atoms with Gasteiger partial charge in [-0.25, -0.2) is 0 Å². The van der Waals surface area contributed by atoms with E-state index in [2.05, 4.69) is 16.7 Å². The second kappa shape index (κ2) is 7.14. The highest BCUT2D eigenvalue weighted by molar-refractivity contribution is 7.80. The van der Waals surface area contributed by atoms with E-state index in [0.717, 1.165) is 19.6 Å². The molecule has 15 heavy (non-hydrogen) atoms. The van der Waals surface area contributed by atoms with Gasteiger partial charge in [0.25, 0.3) is 0 Å². The molecule has 0 saturated carbocycles. The van der Waals surface area contributed by atoms with Gasteiger partial charge in [0.2, 0.25) is 0 Å². The monoisotopic (exact) mass is 229 g/mol. The number of hydrogen-bond donors (Lipinski definition) is 1. The third kappa shape index (κ3) is 5.44. The number of nitrogens with two attached hydrogens (primary N) is 1. The second-order valence-electron chi connectivity index (χ2n) is 4.29. The highest BCUT2D eigenvalue weighted by Gasteiger charge is 2.13. The Morgan fingerprint density at radius 3 is 2.53 bits per heavy atom. The van der Waals surface area contributed by atoms with Crippen molar-refractivity contribution in [1.29, 1.82) is 0 Å². The van der Waals surface area contributed by atoms with Gasteiger partial charge in [0.05, 0.1) is 4.99 Å². The second-order valence-corrected chi connectivity index (χ2v) is 4.82. The first-order valence-electron chi connectivity index (χ1n) is 5.95. The minimum absolute atomic E-state index is 0.616. The van der Waals surface area contributed by atoms with E-state index in [1.165, 1.54) is 38.9 Å². The fraction of sp³-hybridized carbons (Fsp3) is 0.909. The van der Waals surface area contributed by atoms with E-state index in [-0.39, 0.29) is 0 Å². The summed E-state index contributed by atoms with van der Waals surface area (Å²) in [5, 5.41) is 0. The summed E-state index contributed by atoms with van der Waals surface area (Å²) in [5.41, 5.74) is 5.58. The molecule has 0 atom stereocenters. The van der Waals surface area contributed by atoms with Gasteiger partial charge in [-0.15, -0.1) is 0 Å². The van der Waals surface area contributed by atoms with Gasteiger partial charge in [-0.3, -0.25) is 4.90 Å². The number of rotatable bonds is 7. The third-order valence-corrected chi connectivity index (χ3v) is 2.98. The lowest BCUT2D eigenvalue weighted by atomic mass is 10.3. The molecule has 1 saturated heterocycles. The Morgan fingerprint density at radius 1 is 1.33 bits per heavy atom. The third-order valence-electron chi connectivity index (χ3n) is 2.85. The van der Waals surface area contributed by atoms with Crippen LogP contribution < -0.4 is 5.73 Å². The van der Waals surface area contributed by atoms with Crippen molar-refractivity contribution in [3.8, 4) is 0 Å². The van der Waals surface area contributed by atoms with Gasteiger partial charge in [-0.05, 0) is 38.9 Å². The molecule has 1 fully saturated rings. The van der Waals surface area contributed by atoms with Crippen LogP contribution in [0.5, 0.6) is 0 Å². The number of nitrogens with zero attached hydrogens (tertiary/aromatic N) is 2. The Balaban J connectivity index is 2.20. The summed E-state index contributed by atoms with van der Waals surface area (Å²) in [6.45, 7) is 8.89. The Morgan fingerprint density at radius 2 is 2.00 bits per heavy atom. The maximum atomic E-state index is 5.58. The molecule has 0 aromatic heterocycles. The highest BCUT2D eigenvalue weighted by Crippen LogP contribution is 2.06. The lowest BCUT2D eigenvalue weighted by Gasteiger charge is -2.24. The molecule has 2 N–H and O–H groups in total. The predicted molar refractivity (Wildman–Crippen MR) is 69.2 cm³/mol. The standard InChI is InChI=1S/C11H23N3S/c1-2-5-14(10-11(12)15)9-8-13-6-3-4-7-13/h2-10H2,1H3,(H2,12,15). The van der Waals surface area contributed by atoms with E-state index in [9.17, 15) is 0 Å². The molecule has 0 bridgehead atoms. The molecule has 4 heteroatoms. The van der Waals surface area contributed by atoms with Gasteiger partial charge in [0.1, 0.15) is 0 Å². The molecule has 3 nitrogen and oxygen atoms in total. The van der Waals surface area contributed by atoms with Crippen molar-refractivity contribution in [2.45, 2.75) is 26.2 Å². The quantitative estimate of drug-likeness (QED) is 0.662. The largest absolute Gasteiger partial charge is 0.392 e. The molecule has 0 aromatic carbocycles. The van der Waals surface area contributed by atoms with Gasteiger partial charge in [0, 0.05) is 19.6 Å². The van der Waals surface area contributed by atoms with Crippen LogP contribution in [0, 0.1) is 0 Å². The molecule has 0 aliphatic carbocycles. The summed E-state index contributed by atoms with van der Waals surface area (Å²) in [5.74, 6) is 0. The fourth-order valence-corrected chi connectivity index (χ4v) is 2.28. The van der Waals surface area contributed by atoms with Crippen molar-refractivity contribution < 1.29 is 0 Å². The topological polar surface area (TPSA) is 32.5 Å². The molecule has 0 unspecified atom stereocenters. The molecule has 0 radical (unpaired) electrons. The van der Waals surface area contributed by atoms with Crippen LogP contribution in [-0.2, 0) is 0 Å². The summed E-state index contributed by atoms with van der Waals surface area (Å²) in [7, 11) is 0. The van der Waals surface area contributed by atoms with Crippen LogP contribution in [0.15, 0.2) is 0 Å². The molecule has 1 rings (SSSR count). The van der Waals surface area contributed by atoms with Gasteiger partial charge >= 0.3 is 0 Å².